The Bertz CT molecular complexity index is 644. The maximum absolute atomic E-state index is 12.3. The van der Waals surface area contributed by atoms with Crippen molar-refractivity contribution in [3.05, 3.63) is 52.0 Å². The number of carbonyl (C=O) groups is 1. The molecule has 5 nitrogen and oxygen atoms in total. The summed E-state index contributed by atoms with van der Waals surface area (Å²) in [6, 6.07) is 10.3. The molecule has 1 atom stereocenters. The van der Waals surface area contributed by atoms with E-state index in [0.717, 1.165) is 23.8 Å². The van der Waals surface area contributed by atoms with Gasteiger partial charge in [-0.1, -0.05) is 30.3 Å². The average molecular weight is 331 g/mol. The van der Waals surface area contributed by atoms with Crippen molar-refractivity contribution in [3.63, 3.8) is 0 Å². The molecule has 0 spiro atoms. The lowest BCUT2D eigenvalue weighted by atomic mass is 10.2. The van der Waals surface area contributed by atoms with Crippen molar-refractivity contribution < 1.29 is 9.53 Å². The SMILES string of the molecule is Cc1csc(CNC(=O)C2CN(Cc3ccccc3)CCO2)n1. The van der Waals surface area contributed by atoms with E-state index in [1.54, 1.807) is 11.3 Å². The number of ether oxygens (including phenoxy) is 1. The number of rotatable bonds is 5. The molecule has 3 rings (SSSR count). The Morgan fingerprint density at radius 3 is 3.00 bits per heavy atom. The van der Waals surface area contributed by atoms with Crippen molar-refractivity contribution in [2.75, 3.05) is 19.7 Å². The molecule has 122 valence electrons. The van der Waals surface area contributed by atoms with Gasteiger partial charge in [0.25, 0.3) is 5.91 Å². The van der Waals surface area contributed by atoms with Gasteiger partial charge in [0.05, 0.1) is 13.2 Å². The molecular weight excluding hydrogens is 310 g/mol. The van der Waals surface area contributed by atoms with Crippen LogP contribution >= 0.6 is 11.3 Å². The molecule has 0 aliphatic carbocycles. The minimum Gasteiger partial charge on any atom is -0.366 e. The molecule has 2 heterocycles. The summed E-state index contributed by atoms with van der Waals surface area (Å²) in [4.78, 5) is 18.9. The smallest absolute Gasteiger partial charge is 0.250 e. The number of hydrogen-bond acceptors (Lipinski definition) is 5. The van der Waals surface area contributed by atoms with Gasteiger partial charge in [-0.05, 0) is 12.5 Å². The fraction of sp³-hybridized carbons (Fsp3) is 0.412. The molecule has 0 saturated carbocycles. The number of aromatic nitrogens is 1. The maximum Gasteiger partial charge on any atom is 0.250 e. The lowest BCUT2D eigenvalue weighted by Gasteiger charge is -2.32. The van der Waals surface area contributed by atoms with Gasteiger partial charge < -0.3 is 10.1 Å². The summed E-state index contributed by atoms with van der Waals surface area (Å²) in [7, 11) is 0. The van der Waals surface area contributed by atoms with E-state index < -0.39 is 6.10 Å². The van der Waals surface area contributed by atoms with E-state index in [0.29, 0.717) is 19.7 Å². The van der Waals surface area contributed by atoms with Gasteiger partial charge in [-0.2, -0.15) is 0 Å². The third kappa shape index (κ3) is 4.60. The summed E-state index contributed by atoms with van der Waals surface area (Å²) in [5, 5.41) is 5.83. The first-order chi connectivity index (χ1) is 11.2. The molecule has 1 aliphatic rings. The van der Waals surface area contributed by atoms with E-state index in [2.05, 4.69) is 27.3 Å². The number of hydrogen-bond donors (Lipinski definition) is 1. The van der Waals surface area contributed by atoms with Crippen molar-refractivity contribution in [2.24, 2.45) is 0 Å². The molecular formula is C17H21N3O2S. The molecule has 0 bridgehead atoms. The highest BCUT2D eigenvalue weighted by Crippen LogP contribution is 2.12. The van der Waals surface area contributed by atoms with Crippen LogP contribution in [0.2, 0.25) is 0 Å². The van der Waals surface area contributed by atoms with E-state index >= 15 is 0 Å². The number of aryl methyl sites for hydroxylation is 1. The summed E-state index contributed by atoms with van der Waals surface area (Å²) in [5.41, 5.74) is 2.24. The number of benzene rings is 1. The first kappa shape index (κ1) is 16.1. The van der Waals surface area contributed by atoms with Gasteiger partial charge >= 0.3 is 0 Å². The third-order valence-electron chi connectivity index (χ3n) is 3.77. The van der Waals surface area contributed by atoms with E-state index in [-0.39, 0.29) is 5.91 Å². The first-order valence-corrected chi connectivity index (χ1v) is 8.65. The van der Waals surface area contributed by atoms with Crippen molar-refractivity contribution in [1.29, 1.82) is 0 Å². The zero-order valence-corrected chi connectivity index (χ0v) is 14.0. The number of nitrogens with one attached hydrogen (secondary N) is 1. The second-order valence-corrected chi connectivity index (χ2v) is 6.62. The molecule has 1 saturated heterocycles. The molecule has 1 fully saturated rings. The minimum absolute atomic E-state index is 0.0596. The highest BCUT2D eigenvalue weighted by Gasteiger charge is 2.26. The average Bonchev–Trinajstić information content (AvgIpc) is 2.99. The Hall–Kier alpha value is -1.76. The predicted molar refractivity (Wildman–Crippen MR) is 90.2 cm³/mol. The monoisotopic (exact) mass is 331 g/mol. The second-order valence-electron chi connectivity index (χ2n) is 5.68. The molecule has 23 heavy (non-hydrogen) atoms. The van der Waals surface area contributed by atoms with Crippen LogP contribution in [0.15, 0.2) is 35.7 Å². The fourth-order valence-electron chi connectivity index (χ4n) is 2.61. The standard InChI is InChI=1S/C17H21N3O2S/c1-13-12-23-16(19-13)9-18-17(21)15-11-20(7-8-22-15)10-14-5-3-2-4-6-14/h2-6,12,15H,7-11H2,1H3,(H,18,21). The molecule has 1 unspecified atom stereocenters. The van der Waals surface area contributed by atoms with Crippen LogP contribution in [0.1, 0.15) is 16.3 Å². The minimum atomic E-state index is -0.409. The van der Waals surface area contributed by atoms with Crippen LogP contribution in [0.3, 0.4) is 0 Å². The first-order valence-electron chi connectivity index (χ1n) is 7.77. The quantitative estimate of drug-likeness (QED) is 0.910. The van der Waals surface area contributed by atoms with Crippen LogP contribution in [-0.4, -0.2) is 41.6 Å². The number of carbonyl (C=O) groups excluding carboxylic acids is 1. The summed E-state index contributed by atoms with van der Waals surface area (Å²) >= 11 is 1.56. The van der Waals surface area contributed by atoms with Crippen LogP contribution in [0, 0.1) is 6.92 Å². The zero-order valence-electron chi connectivity index (χ0n) is 13.2. The van der Waals surface area contributed by atoms with E-state index in [1.807, 2.05) is 30.5 Å². The lowest BCUT2D eigenvalue weighted by molar-refractivity contribution is -0.139. The van der Waals surface area contributed by atoms with Gasteiger partial charge in [0, 0.05) is 30.7 Å². The Kier molecular flexibility index (Phi) is 5.38. The number of amides is 1. The Morgan fingerprint density at radius 1 is 1.43 bits per heavy atom. The Morgan fingerprint density at radius 2 is 2.26 bits per heavy atom. The van der Waals surface area contributed by atoms with Crippen molar-refractivity contribution >= 4 is 17.2 Å². The largest absolute Gasteiger partial charge is 0.366 e. The van der Waals surface area contributed by atoms with Crippen LogP contribution < -0.4 is 5.32 Å². The van der Waals surface area contributed by atoms with Crippen LogP contribution in [-0.2, 0) is 22.6 Å². The molecule has 0 radical (unpaired) electrons. The van der Waals surface area contributed by atoms with Crippen LogP contribution in [0.5, 0.6) is 0 Å². The third-order valence-corrected chi connectivity index (χ3v) is 4.74. The van der Waals surface area contributed by atoms with E-state index in [4.69, 9.17) is 4.74 Å². The van der Waals surface area contributed by atoms with Gasteiger partial charge in [-0.25, -0.2) is 4.98 Å². The highest BCUT2D eigenvalue weighted by molar-refractivity contribution is 7.09. The maximum atomic E-state index is 12.3. The van der Waals surface area contributed by atoms with Gasteiger partial charge in [-0.15, -0.1) is 11.3 Å². The van der Waals surface area contributed by atoms with Gasteiger partial charge in [0.15, 0.2) is 0 Å². The molecule has 1 amide bonds. The number of thiazole rings is 1. The topological polar surface area (TPSA) is 54.5 Å². The normalized spacial score (nSPS) is 18.7. The second kappa shape index (κ2) is 7.68. The predicted octanol–water partition coefficient (Wildman–Crippen LogP) is 1.97. The van der Waals surface area contributed by atoms with Crippen LogP contribution in [0.4, 0.5) is 0 Å². The van der Waals surface area contributed by atoms with Crippen LogP contribution in [0.25, 0.3) is 0 Å². The zero-order chi connectivity index (χ0) is 16.1. The molecule has 6 heteroatoms. The van der Waals surface area contributed by atoms with Gasteiger partial charge in [0.2, 0.25) is 0 Å². The summed E-state index contributed by atoms with van der Waals surface area (Å²) in [6.45, 7) is 5.33. The summed E-state index contributed by atoms with van der Waals surface area (Å²) in [6.07, 6.45) is -0.409. The van der Waals surface area contributed by atoms with E-state index in [1.165, 1.54) is 5.56 Å². The number of morpholine rings is 1. The molecule has 1 aromatic heterocycles. The number of nitrogens with zero attached hydrogens (tertiary/aromatic N) is 2. The fourth-order valence-corrected chi connectivity index (χ4v) is 3.32. The molecule has 1 aromatic carbocycles. The molecule has 1 aliphatic heterocycles. The van der Waals surface area contributed by atoms with Gasteiger partial charge in [0.1, 0.15) is 11.1 Å². The van der Waals surface area contributed by atoms with Crippen molar-refractivity contribution in [3.8, 4) is 0 Å². The van der Waals surface area contributed by atoms with Crippen molar-refractivity contribution in [1.82, 2.24) is 15.2 Å². The molecule has 1 N–H and O–H groups in total. The Balaban J connectivity index is 1.50. The Labute approximate surface area is 140 Å². The van der Waals surface area contributed by atoms with Crippen molar-refractivity contribution in [2.45, 2.75) is 26.1 Å². The van der Waals surface area contributed by atoms with E-state index in [9.17, 15) is 4.79 Å². The highest BCUT2D eigenvalue weighted by atomic mass is 32.1. The summed E-state index contributed by atoms with van der Waals surface area (Å²) < 4.78 is 5.63. The molecule has 2 aromatic rings. The summed E-state index contributed by atoms with van der Waals surface area (Å²) in [5.74, 6) is -0.0596. The van der Waals surface area contributed by atoms with Gasteiger partial charge in [-0.3, -0.25) is 9.69 Å². The lowest BCUT2D eigenvalue weighted by Crippen LogP contribution is -2.49.